The summed E-state index contributed by atoms with van der Waals surface area (Å²) in [6, 6.07) is 0. The standard InChI is InChI=1S/C19H30O2S/c1-5-8-9-10-11-12-15-18(4)16(20)19(13-6-2,14-7-3)17(21)22-18/h6-7H,2-3,5,8-15H2,1,4H3/t18-/m1/s1. The van der Waals surface area contributed by atoms with Crippen molar-refractivity contribution in [1.82, 2.24) is 0 Å². The fraction of sp³-hybridized carbons (Fsp3) is 0.684. The highest BCUT2D eigenvalue weighted by atomic mass is 32.2. The van der Waals surface area contributed by atoms with Crippen molar-refractivity contribution in [3.63, 3.8) is 0 Å². The highest BCUT2D eigenvalue weighted by Crippen LogP contribution is 2.52. The smallest absolute Gasteiger partial charge is 0.204 e. The minimum atomic E-state index is -0.912. The predicted octanol–water partition coefficient (Wildman–Crippen LogP) is 5.48. The molecule has 0 bridgehead atoms. The van der Waals surface area contributed by atoms with Crippen molar-refractivity contribution in [2.24, 2.45) is 5.41 Å². The normalized spacial score (nSPS) is 23.7. The average molecular weight is 323 g/mol. The van der Waals surface area contributed by atoms with Crippen LogP contribution in [0.25, 0.3) is 0 Å². The largest absolute Gasteiger partial charge is 0.297 e. The molecule has 0 aromatic carbocycles. The van der Waals surface area contributed by atoms with Gasteiger partial charge in [0.05, 0.1) is 4.75 Å². The van der Waals surface area contributed by atoms with E-state index in [2.05, 4.69) is 20.1 Å². The molecule has 0 saturated carbocycles. The molecule has 1 aliphatic heterocycles. The molecular weight excluding hydrogens is 292 g/mol. The molecule has 0 aromatic rings. The second-order valence-electron chi connectivity index (χ2n) is 6.53. The van der Waals surface area contributed by atoms with Crippen LogP contribution in [0.2, 0.25) is 0 Å². The first kappa shape index (κ1) is 19.2. The van der Waals surface area contributed by atoms with Crippen molar-refractivity contribution in [2.45, 2.75) is 76.4 Å². The molecule has 1 fully saturated rings. The Morgan fingerprint density at radius 2 is 1.55 bits per heavy atom. The van der Waals surface area contributed by atoms with Crippen LogP contribution in [0.3, 0.4) is 0 Å². The second-order valence-corrected chi connectivity index (χ2v) is 8.01. The minimum Gasteiger partial charge on any atom is -0.297 e. The third-order valence-electron chi connectivity index (χ3n) is 4.62. The lowest BCUT2D eigenvalue weighted by Gasteiger charge is -2.26. The molecule has 0 aromatic heterocycles. The zero-order valence-electron chi connectivity index (χ0n) is 14.2. The van der Waals surface area contributed by atoms with Gasteiger partial charge in [-0.3, -0.25) is 9.59 Å². The number of allylic oxidation sites excluding steroid dienone is 2. The number of carbonyl (C=O) groups excluding carboxylic acids is 2. The fourth-order valence-electron chi connectivity index (χ4n) is 3.28. The molecule has 1 saturated heterocycles. The fourth-order valence-corrected chi connectivity index (χ4v) is 4.68. The summed E-state index contributed by atoms with van der Waals surface area (Å²) in [5.74, 6) is 0.0864. The lowest BCUT2D eigenvalue weighted by molar-refractivity contribution is -0.135. The van der Waals surface area contributed by atoms with Crippen LogP contribution in [0, 0.1) is 5.41 Å². The molecule has 0 aliphatic carbocycles. The summed E-state index contributed by atoms with van der Waals surface area (Å²) in [6.07, 6.45) is 12.2. The van der Waals surface area contributed by atoms with Crippen LogP contribution in [0.1, 0.15) is 71.6 Å². The number of Topliss-reactive ketones (excluding diaryl/α,β-unsaturated/α-hetero) is 1. The van der Waals surface area contributed by atoms with E-state index in [1.54, 1.807) is 12.2 Å². The number of unbranched alkanes of at least 4 members (excludes halogenated alkanes) is 5. The maximum atomic E-state index is 13.0. The van der Waals surface area contributed by atoms with E-state index in [1.807, 2.05) is 6.92 Å². The summed E-state index contributed by atoms with van der Waals surface area (Å²) >= 11 is 1.25. The molecule has 2 nitrogen and oxygen atoms in total. The van der Waals surface area contributed by atoms with Crippen LogP contribution in [0.15, 0.2) is 25.3 Å². The van der Waals surface area contributed by atoms with Gasteiger partial charge in [0.2, 0.25) is 5.12 Å². The van der Waals surface area contributed by atoms with Gasteiger partial charge in [-0.25, -0.2) is 0 Å². The molecule has 22 heavy (non-hydrogen) atoms. The van der Waals surface area contributed by atoms with Crippen molar-refractivity contribution >= 4 is 22.7 Å². The number of ketones is 1. The average Bonchev–Trinajstić information content (AvgIpc) is 2.66. The number of carbonyl (C=O) groups is 2. The van der Waals surface area contributed by atoms with Gasteiger partial charge in [0.1, 0.15) is 5.41 Å². The molecular formula is C19H30O2S. The lowest BCUT2D eigenvalue weighted by Crippen LogP contribution is -2.39. The van der Waals surface area contributed by atoms with Gasteiger partial charge in [-0.1, -0.05) is 69.4 Å². The maximum absolute atomic E-state index is 13.0. The van der Waals surface area contributed by atoms with Crippen molar-refractivity contribution in [3.8, 4) is 0 Å². The van der Waals surface area contributed by atoms with Crippen LogP contribution < -0.4 is 0 Å². The topological polar surface area (TPSA) is 34.1 Å². The summed E-state index contributed by atoms with van der Waals surface area (Å²) in [5.41, 5.74) is -0.912. The molecule has 1 heterocycles. The molecule has 124 valence electrons. The Balaban J connectivity index is 2.67. The Labute approximate surface area is 139 Å². The summed E-state index contributed by atoms with van der Waals surface area (Å²) in [7, 11) is 0. The van der Waals surface area contributed by atoms with Crippen molar-refractivity contribution in [1.29, 1.82) is 0 Å². The number of thioether (sulfide) groups is 1. The molecule has 1 rings (SSSR count). The van der Waals surface area contributed by atoms with Crippen molar-refractivity contribution in [2.75, 3.05) is 0 Å². The van der Waals surface area contributed by atoms with Crippen LogP contribution >= 0.6 is 11.8 Å². The van der Waals surface area contributed by atoms with E-state index in [0.717, 1.165) is 19.3 Å². The van der Waals surface area contributed by atoms with Gasteiger partial charge in [-0.05, 0) is 26.2 Å². The zero-order chi connectivity index (χ0) is 16.6. The molecule has 0 N–H and O–H groups in total. The van der Waals surface area contributed by atoms with Crippen LogP contribution in [0.5, 0.6) is 0 Å². The summed E-state index contributed by atoms with van der Waals surface area (Å²) in [4.78, 5) is 25.5. The number of rotatable bonds is 11. The molecule has 0 amide bonds. The molecule has 1 atom stereocenters. The van der Waals surface area contributed by atoms with E-state index < -0.39 is 10.2 Å². The molecule has 0 radical (unpaired) electrons. The van der Waals surface area contributed by atoms with Gasteiger partial charge in [-0.15, -0.1) is 13.2 Å². The Morgan fingerprint density at radius 1 is 1.00 bits per heavy atom. The lowest BCUT2D eigenvalue weighted by atomic mass is 9.73. The summed E-state index contributed by atoms with van der Waals surface area (Å²) in [6.45, 7) is 11.6. The molecule has 3 heteroatoms. The van der Waals surface area contributed by atoms with Gasteiger partial charge < -0.3 is 0 Å². The number of hydrogen-bond acceptors (Lipinski definition) is 3. The predicted molar refractivity (Wildman–Crippen MR) is 96.1 cm³/mol. The minimum absolute atomic E-state index is 0.00535. The van der Waals surface area contributed by atoms with Gasteiger partial charge in [0.25, 0.3) is 0 Å². The Bertz CT molecular complexity index is 417. The zero-order valence-corrected chi connectivity index (χ0v) is 15.0. The summed E-state index contributed by atoms with van der Waals surface area (Å²) < 4.78 is -0.562. The quantitative estimate of drug-likeness (QED) is 0.287. The van der Waals surface area contributed by atoms with Gasteiger partial charge in [0, 0.05) is 0 Å². The summed E-state index contributed by atoms with van der Waals surface area (Å²) in [5, 5.41) is 0.00535. The van der Waals surface area contributed by atoms with E-state index in [9.17, 15) is 9.59 Å². The van der Waals surface area contributed by atoms with Gasteiger partial charge in [0.15, 0.2) is 5.78 Å². The Morgan fingerprint density at radius 3 is 2.09 bits per heavy atom. The maximum Gasteiger partial charge on any atom is 0.204 e. The van der Waals surface area contributed by atoms with Crippen molar-refractivity contribution in [3.05, 3.63) is 25.3 Å². The van der Waals surface area contributed by atoms with Crippen LogP contribution in [-0.4, -0.2) is 15.6 Å². The second kappa shape index (κ2) is 8.71. The highest BCUT2D eigenvalue weighted by Gasteiger charge is 2.59. The van der Waals surface area contributed by atoms with E-state index in [4.69, 9.17) is 0 Å². The van der Waals surface area contributed by atoms with Gasteiger partial charge in [-0.2, -0.15) is 0 Å². The van der Waals surface area contributed by atoms with E-state index in [0.29, 0.717) is 12.8 Å². The Kier molecular flexibility index (Phi) is 7.61. The molecule has 1 aliphatic rings. The highest BCUT2D eigenvalue weighted by molar-refractivity contribution is 8.16. The first-order chi connectivity index (χ1) is 10.5. The number of hydrogen-bond donors (Lipinski definition) is 0. The Hall–Kier alpha value is -0.830. The third kappa shape index (κ3) is 4.13. The van der Waals surface area contributed by atoms with Gasteiger partial charge >= 0.3 is 0 Å². The van der Waals surface area contributed by atoms with Crippen LogP contribution in [0.4, 0.5) is 0 Å². The van der Waals surface area contributed by atoms with E-state index in [1.165, 1.54) is 37.4 Å². The van der Waals surface area contributed by atoms with Crippen molar-refractivity contribution < 1.29 is 9.59 Å². The third-order valence-corrected chi connectivity index (χ3v) is 6.03. The molecule has 0 unspecified atom stereocenters. The monoisotopic (exact) mass is 322 g/mol. The van der Waals surface area contributed by atoms with Crippen LogP contribution in [-0.2, 0) is 9.59 Å². The molecule has 0 spiro atoms. The first-order valence-corrected chi connectivity index (χ1v) is 9.28. The van der Waals surface area contributed by atoms with E-state index >= 15 is 0 Å². The van der Waals surface area contributed by atoms with E-state index in [-0.39, 0.29) is 10.9 Å². The first-order valence-electron chi connectivity index (χ1n) is 8.47. The SMILES string of the molecule is C=CCC1(CC=C)C(=O)S[C@](C)(CCCCCCCC)C1=O.